The average molecular weight is 316 g/mol. The molecule has 0 radical (unpaired) electrons. The van der Waals surface area contributed by atoms with Crippen molar-refractivity contribution in [3.05, 3.63) is 30.3 Å². The standard InChI is InChI=1S/C11H12N2O5S2/c14-11-12-20(17,18)10-7-19(15,16)6-9(10)13(11)8-4-2-1-3-5-8/h1-5,9-10H,6-7H2,(H,12,14). The molecule has 2 saturated heterocycles. The predicted molar refractivity (Wildman–Crippen MR) is 72.6 cm³/mol. The Balaban J connectivity index is 2.10. The lowest BCUT2D eigenvalue weighted by atomic mass is 10.2. The number of anilines is 1. The lowest BCUT2D eigenvalue weighted by Gasteiger charge is -2.36. The zero-order valence-electron chi connectivity index (χ0n) is 10.3. The van der Waals surface area contributed by atoms with Crippen LogP contribution in [0.15, 0.2) is 30.3 Å². The Morgan fingerprint density at radius 2 is 1.70 bits per heavy atom. The summed E-state index contributed by atoms with van der Waals surface area (Å²) >= 11 is 0. The van der Waals surface area contributed by atoms with E-state index in [-0.39, 0.29) is 5.75 Å². The van der Waals surface area contributed by atoms with Crippen LogP contribution >= 0.6 is 0 Å². The molecule has 2 amide bonds. The maximum atomic E-state index is 12.0. The van der Waals surface area contributed by atoms with Crippen LogP contribution < -0.4 is 9.62 Å². The molecule has 2 unspecified atom stereocenters. The van der Waals surface area contributed by atoms with Crippen LogP contribution in [0.3, 0.4) is 0 Å². The first kappa shape index (κ1) is 13.4. The third kappa shape index (κ3) is 2.06. The van der Waals surface area contributed by atoms with E-state index in [9.17, 15) is 21.6 Å². The molecule has 9 heteroatoms. The highest BCUT2D eigenvalue weighted by Gasteiger charge is 2.53. The number of hydrogen-bond acceptors (Lipinski definition) is 5. The van der Waals surface area contributed by atoms with E-state index in [2.05, 4.69) is 0 Å². The van der Waals surface area contributed by atoms with Crippen molar-refractivity contribution in [2.45, 2.75) is 11.3 Å². The number of benzene rings is 1. The summed E-state index contributed by atoms with van der Waals surface area (Å²) < 4.78 is 49.2. The first-order valence-corrected chi connectivity index (χ1v) is 9.27. The van der Waals surface area contributed by atoms with Crippen LogP contribution in [0.4, 0.5) is 10.5 Å². The van der Waals surface area contributed by atoms with E-state index in [0.29, 0.717) is 5.69 Å². The van der Waals surface area contributed by atoms with Crippen LogP contribution in [0.25, 0.3) is 0 Å². The normalized spacial score (nSPS) is 30.6. The van der Waals surface area contributed by atoms with Gasteiger partial charge in [0.2, 0.25) is 10.0 Å². The number of urea groups is 1. The minimum absolute atomic E-state index is 0.334. The number of nitrogens with one attached hydrogen (secondary N) is 1. The predicted octanol–water partition coefficient (Wildman–Crippen LogP) is -0.288. The van der Waals surface area contributed by atoms with E-state index >= 15 is 0 Å². The molecule has 0 aliphatic carbocycles. The molecule has 2 heterocycles. The molecule has 1 N–H and O–H groups in total. The van der Waals surface area contributed by atoms with Crippen molar-refractivity contribution in [2.24, 2.45) is 0 Å². The van der Waals surface area contributed by atoms with E-state index < -0.39 is 42.9 Å². The number of carbonyl (C=O) groups is 1. The van der Waals surface area contributed by atoms with E-state index in [0.717, 1.165) is 0 Å². The summed E-state index contributed by atoms with van der Waals surface area (Å²) in [5.74, 6) is -0.789. The van der Waals surface area contributed by atoms with Gasteiger partial charge in [-0.15, -0.1) is 0 Å². The third-order valence-corrected chi connectivity index (χ3v) is 7.15. The molecular formula is C11H12N2O5S2. The number of carbonyl (C=O) groups excluding carboxylic acids is 1. The molecule has 108 valence electrons. The zero-order chi connectivity index (χ0) is 14.5. The van der Waals surface area contributed by atoms with Gasteiger partial charge in [-0.2, -0.15) is 0 Å². The molecule has 2 aliphatic heterocycles. The smallest absolute Gasteiger partial charge is 0.288 e. The number of hydrogen-bond donors (Lipinski definition) is 1. The lowest BCUT2D eigenvalue weighted by molar-refractivity contribution is 0.247. The summed E-state index contributed by atoms with van der Waals surface area (Å²) in [6, 6.07) is 6.74. The summed E-state index contributed by atoms with van der Waals surface area (Å²) in [7, 11) is -7.42. The van der Waals surface area contributed by atoms with Gasteiger partial charge in [-0.3, -0.25) is 4.90 Å². The van der Waals surface area contributed by atoms with Gasteiger partial charge in [-0.1, -0.05) is 18.2 Å². The molecule has 2 fully saturated rings. The molecule has 1 aromatic rings. The van der Waals surface area contributed by atoms with Crippen molar-refractivity contribution in [3.8, 4) is 0 Å². The number of fused-ring (bicyclic) bond motifs is 1. The van der Waals surface area contributed by atoms with E-state index in [1.54, 1.807) is 30.3 Å². The van der Waals surface area contributed by atoms with Crippen LogP contribution in [0.1, 0.15) is 0 Å². The lowest BCUT2D eigenvalue weighted by Crippen LogP contribution is -2.62. The SMILES string of the molecule is O=C1NS(=O)(=O)C2CS(=O)(=O)CC2N1c1ccccc1. The van der Waals surface area contributed by atoms with Gasteiger partial charge < -0.3 is 0 Å². The molecule has 7 nitrogen and oxygen atoms in total. The van der Waals surface area contributed by atoms with Crippen LogP contribution in [0, 0.1) is 0 Å². The summed E-state index contributed by atoms with van der Waals surface area (Å²) in [5, 5.41) is -1.12. The average Bonchev–Trinajstić information content (AvgIpc) is 2.66. The number of amides is 2. The Morgan fingerprint density at radius 3 is 2.35 bits per heavy atom. The largest absolute Gasteiger partial charge is 0.335 e. The molecule has 1 aromatic carbocycles. The number of sulfonamides is 1. The summed E-state index contributed by atoms with van der Waals surface area (Å²) in [6.07, 6.45) is 0. The molecule has 20 heavy (non-hydrogen) atoms. The Hall–Kier alpha value is -1.61. The number of nitrogens with zero attached hydrogens (tertiary/aromatic N) is 1. The van der Waals surface area contributed by atoms with Gasteiger partial charge in [-0.05, 0) is 12.1 Å². The van der Waals surface area contributed by atoms with Crippen molar-refractivity contribution in [2.75, 3.05) is 16.4 Å². The van der Waals surface area contributed by atoms with E-state index in [1.165, 1.54) is 4.90 Å². The molecule has 2 aliphatic rings. The molecule has 0 spiro atoms. The van der Waals surface area contributed by atoms with Crippen LogP contribution in [0.5, 0.6) is 0 Å². The Labute approximate surface area is 116 Å². The molecule has 0 saturated carbocycles. The van der Waals surface area contributed by atoms with Gasteiger partial charge in [0.05, 0.1) is 17.5 Å². The minimum Gasteiger partial charge on any atom is -0.288 e. The topological polar surface area (TPSA) is 101 Å². The summed E-state index contributed by atoms with van der Waals surface area (Å²) in [5.41, 5.74) is 0.479. The zero-order valence-corrected chi connectivity index (χ0v) is 11.9. The van der Waals surface area contributed by atoms with Crippen molar-refractivity contribution in [1.82, 2.24) is 4.72 Å². The highest BCUT2D eigenvalue weighted by Crippen LogP contribution is 2.31. The molecular weight excluding hydrogens is 304 g/mol. The van der Waals surface area contributed by atoms with Crippen LogP contribution in [0.2, 0.25) is 0 Å². The first-order valence-electron chi connectivity index (χ1n) is 5.90. The monoisotopic (exact) mass is 316 g/mol. The second-order valence-corrected chi connectivity index (χ2v) is 8.89. The fourth-order valence-electron chi connectivity index (χ4n) is 2.63. The number of para-hydroxylation sites is 1. The van der Waals surface area contributed by atoms with Crippen molar-refractivity contribution >= 4 is 31.6 Å². The number of sulfone groups is 1. The Kier molecular flexibility index (Phi) is 2.80. The maximum Gasteiger partial charge on any atom is 0.335 e. The fourth-order valence-corrected chi connectivity index (χ4v) is 6.97. The fraction of sp³-hybridized carbons (Fsp3) is 0.364. The second kappa shape index (κ2) is 4.19. The molecule has 2 atom stereocenters. The van der Waals surface area contributed by atoms with Crippen molar-refractivity contribution in [3.63, 3.8) is 0 Å². The van der Waals surface area contributed by atoms with Gasteiger partial charge in [0.15, 0.2) is 9.84 Å². The van der Waals surface area contributed by atoms with E-state index in [4.69, 9.17) is 0 Å². The van der Waals surface area contributed by atoms with E-state index in [1.807, 2.05) is 4.72 Å². The van der Waals surface area contributed by atoms with Gasteiger partial charge in [0.25, 0.3) is 0 Å². The molecule has 0 aromatic heterocycles. The Bertz CT molecular complexity index is 757. The van der Waals surface area contributed by atoms with Crippen LogP contribution in [-0.2, 0) is 19.9 Å². The van der Waals surface area contributed by atoms with Gasteiger partial charge in [-0.25, -0.2) is 26.4 Å². The highest BCUT2D eigenvalue weighted by atomic mass is 32.2. The Morgan fingerprint density at radius 1 is 1.05 bits per heavy atom. The number of rotatable bonds is 1. The minimum atomic E-state index is -3.94. The first-order chi connectivity index (χ1) is 9.30. The summed E-state index contributed by atoms with van der Waals surface area (Å²) in [6.45, 7) is 0. The molecule has 3 rings (SSSR count). The molecule has 0 bridgehead atoms. The quantitative estimate of drug-likeness (QED) is 0.767. The van der Waals surface area contributed by atoms with Crippen molar-refractivity contribution < 1.29 is 21.6 Å². The maximum absolute atomic E-state index is 12.0. The van der Waals surface area contributed by atoms with Crippen LogP contribution in [-0.4, -0.2) is 45.7 Å². The van der Waals surface area contributed by atoms with Gasteiger partial charge in [0.1, 0.15) is 5.25 Å². The third-order valence-electron chi connectivity index (χ3n) is 3.49. The van der Waals surface area contributed by atoms with Gasteiger partial charge in [0, 0.05) is 5.69 Å². The van der Waals surface area contributed by atoms with Gasteiger partial charge >= 0.3 is 6.03 Å². The summed E-state index contributed by atoms with van der Waals surface area (Å²) in [4.78, 5) is 13.2. The highest BCUT2D eigenvalue weighted by molar-refractivity contribution is 7.96. The van der Waals surface area contributed by atoms with Crippen molar-refractivity contribution in [1.29, 1.82) is 0 Å². The second-order valence-electron chi connectivity index (χ2n) is 4.84.